The maximum atomic E-state index is 14.7. The summed E-state index contributed by atoms with van der Waals surface area (Å²) in [5.41, 5.74) is 0.964. The SMILES string of the molecule is CCOC(=O)N1CCC(C(=O)Nc2ccc(N3C[C@@H](C)O[C@H](C)C3)c(F)c2)CC1. The predicted octanol–water partition coefficient (Wildman–Crippen LogP) is 3.25. The Morgan fingerprint density at radius 2 is 1.86 bits per heavy atom. The highest BCUT2D eigenvalue weighted by Crippen LogP contribution is 2.27. The molecule has 0 spiro atoms. The Balaban J connectivity index is 1.56. The molecule has 1 N–H and O–H groups in total. The smallest absolute Gasteiger partial charge is 0.409 e. The number of anilines is 2. The number of carbonyl (C=O) groups excluding carboxylic acids is 2. The van der Waals surface area contributed by atoms with Crippen molar-refractivity contribution in [3.8, 4) is 0 Å². The summed E-state index contributed by atoms with van der Waals surface area (Å²) in [6.45, 7) is 8.28. The lowest BCUT2D eigenvalue weighted by atomic mass is 9.96. The number of hydrogen-bond donors (Lipinski definition) is 1. The van der Waals surface area contributed by atoms with E-state index in [-0.39, 0.29) is 35.9 Å². The van der Waals surface area contributed by atoms with Gasteiger partial charge in [0.25, 0.3) is 0 Å². The Morgan fingerprint density at radius 3 is 2.45 bits per heavy atom. The molecule has 1 aromatic carbocycles. The second-order valence-corrected chi connectivity index (χ2v) is 7.78. The van der Waals surface area contributed by atoms with E-state index in [1.807, 2.05) is 18.7 Å². The van der Waals surface area contributed by atoms with Crippen LogP contribution in [0.3, 0.4) is 0 Å². The van der Waals surface area contributed by atoms with E-state index in [4.69, 9.17) is 9.47 Å². The monoisotopic (exact) mass is 407 g/mol. The van der Waals surface area contributed by atoms with Gasteiger partial charge < -0.3 is 24.6 Å². The predicted molar refractivity (Wildman–Crippen MR) is 109 cm³/mol. The highest BCUT2D eigenvalue weighted by Gasteiger charge is 2.28. The number of morpholine rings is 1. The minimum absolute atomic E-state index is 0.0398. The Labute approximate surface area is 171 Å². The molecule has 2 amide bonds. The third-order valence-electron chi connectivity index (χ3n) is 5.37. The van der Waals surface area contributed by atoms with Crippen molar-refractivity contribution in [3.05, 3.63) is 24.0 Å². The van der Waals surface area contributed by atoms with Gasteiger partial charge in [-0.25, -0.2) is 9.18 Å². The fourth-order valence-corrected chi connectivity index (χ4v) is 4.00. The quantitative estimate of drug-likeness (QED) is 0.830. The van der Waals surface area contributed by atoms with Crippen molar-refractivity contribution in [2.75, 3.05) is 43.0 Å². The number of halogens is 1. The van der Waals surface area contributed by atoms with Gasteiger partial charge in [-0.3, -0.25) is 4.79 Å². The molecule has 160 valence electrons. The van der Waals surface area contributed by atoms with E-state index in [2.05, 4.69) is 5.32 Å². The second kappa shape index (κ2) is 9.43. The van der Waals surface area contributed by atoms with Crippen molar-refractivity contribution in [3.63, 3.8) is 0 Å². The van der Waals surface area contributed by atoms with Crippen LogP contribution in [-0.4, -0.2) is 61.9 Å². The number of rotatable bonds is 4. The number of ether oxygens (including phenoxy) is 2. The third kappa shape index (κ3) is 5.38. The van der Waals surface area contributed by atoms with E-state index in [0.717, 1.165) is 0 Å². The lowest BCUT2D eigenvalue weighted by molar-refractivity contribution is -0.121. The van der Waals surface area contributed by atoms with Crippen LogP contribution in [0.25, 0.3) is 0 Å². The van der Waals surface area contributed by atoms with Crippen LogP contribution in [0, 0.1) is 11.7 Å². The first-order valence-corrected chi connectivity index (χ1v) is 10.3. The first-order valence-electron chi connectivity index (χ1n) is 10.3. The van der Waals surface area contributed by atoms with Gasteiger partial charge in [-0.05, 0) is 51.8 Å². The summed E-state index contributed by atoms with van der Waals surface area (Å²) < 4.78 is 25.4. The molecule has 8 heteroatoms. The van der Waals surface area contributed by atoms with Gasteiger partial charge in [0.1, 0.15) is 5.82 Å². The zero-order chi connectivity index (χ0) is 21.0. The molecule has 29 heavy (non-hydrogen) atoms. The number of hydrogen-bond acceptors (Lipinski definition) is 5. The molecule has 3 rings (SSSR count). The first-order chi connectivity index (χ1) is 13.9. The third-order valence-corrected chi connectivity index (χ3v) is 5.37. The average Bonchev–Trinajstić information content (AvgIpc) is 2.67. The molecule has 0 saturated carbocycles. The molecule has 2 saturated heterocycles. The van der Waals surface area contributed by atoms with E-state index in [0.29, 0.717) is 57.0 Å². The van der Waals surface area contributed by atoms with Gasteiger partial charge >= 0.3 is 6.09 Å². The number of likely N-dealkylation sites (tertiary alicyclic amines) is 1. The molecule has 2 aliphatic rings. The number of amides is 2. The minimum atomic E-state index is -0.360. The van der Waals surface area contributed by atoms with E-state index in [9.17, 15) is 14.0 Å². The van der Waals surface area contributed by atoms with Crippen molar-refractivity contribution in [2.45, 2.75) is 45.8 Å². The molecule has 2 atom stereocenters. The molecule has 7 nitrogen and oxygen atoms in total. The zero-order valence-electron chi connectivity index (χ0n) is 17.3. The Bertz CT molecular complexity index is 727. The Hall–Kier alpha value is -2.35. The van der Waals surface area contributed by atoms with E-state index in [1.54, 1.807) is 24.0 Å². The number of carbonyl (C=O) groups is 2. The van der Waals surface area contributed by atoms with Crippen molar-refractivity contribution in [2.24, 2.45) is 5.92 Å². The van der Waals surface area contributed by atoms with Crippen LogP contribution in [0.1, 0.15) is 33.6 Å². The second-order valence-electron chi connectivity index (χ2n) is 7.78. The molecule has 0 unspecified atom stereocenters. The largest absolute Gasteiger partial charge is 0.450 e. The summed E-state index contributed by atoms with van der Waals surface area (Å²) in [5, 5.41) is 2.81. The molecule has 0 bridgehead atoms. The molecule has 2 heterocycles. The lowest BCUT2D eigenvalue weighted by Crippen LogP contribution is -2.45. The zero-order valence-corrected chi connectivity index (χ0v) is 17.3. The van der Waals surface area contributed by atoms with Gasteiger partial charge in [-0.1, -0.05) is 0 Å². The fraction of sp³-hybridized carbons (Fsp3) is 0.619. The molecule has 1 aromatic rings. The maximum Gasteiger partial charge on any atom is 0.409 e. The van der Waals surface area contributed by atoms with Crippen LogP contribution in [0.5, 0.6) is 0 Å². The van der Waals surface area contributed by atoms with E-state index < -0.39 is 0 Å². The molecule has 2 aliphatic heterocycles. The Kier molecular flexibility index (Phi) is 6.95. The normalized spacial score (nSPS) is 23.0. The van der Waals surface area contributed by atoms with Gasteiger partial charge in [0.2, 0.25) is 5.91 Å². The first kappa shape index (κ1) is 21.4. The van der Waals surface area contributed by atoms with Gasteiger partial charge in [0.05, 0.1) is 24.5 Å². The average molecular weight is 407 g/mol. The summed E-state index contributed by atoms with van der Waals surface area (Å²) in [6.07, 6.45) is 0.871. The summed E-state index contributed by atoms with van der Waals surface area (Å²) in [6, 6.07) is 4.81. The number of nitrogens with one attached hydrogen (secondary N) is 1. The standard InChI is InChI=1S/C21H30FN3O4/c1-4-28-21(27)24-9-7-16(8-10-24)20(26)23-17-5-6-19(18(22)11-17)25-12-14(2)29-15(3)13-25/h5-6,11,14-16H,4,7-10,12-13H2,1-3H3,(H,23,26)/t14-,15-/m1/s1. The van der Waals surface area contributed by atoms with E-state index in [1.165, 1.54) is 6.07 Å². The molecule has 2 fully saturated rings. The topological polar surface area (TPSA) is 71.1 Å². The summed E-state index contributed by atoms with van der Waals surface area (Å²) in [7, 11) is 0. The van der Waals surface area contributed by atoms with Crippen LogP contribution < -0.4 is 10.2 Å². The van der Waals surface area contributed by atoms with Crippen molar-refractivity contribution in [1.29, 1.82) is 0 Å². The molecular formula is C21H30FN3O4. The molecular weight excluding hydrogens is 377 g/mol. The molecule has 0 aliphatic carbocycles. The minimum Gasteiger partial charge on any atom is -0.450 e. The Morgan fingerprint density at radius 1 is 1.21 bits per heavy atom. The van der Waals surface area contributed by atoms with Gasteiger partial charge in [-0.2, -0.15) is 0 Å². The fourth-order valence-electron chi connectivity index (χ4n) is 4.00. The number of nitrogens with zero attached hydrogens (tertiary/aromatic N) is 2. The molecule has 0 radical (unpaired) electrons. The summed E-state index contributed by atoms with van der Waals surface area (Å²) >= 11 is 0. The van der Waals surface area contributed by atoms with Crippen LogP contribution in [0.4, 0.5) is 20.6 Å². The van der Waals surface area contributed by atoms with Gasteiger partial charge in [-0.15, -0.1) is 0 Å². The van der Waals surface area contributed by atoms with E-state index >= 15 is 0 Å². The van der Waals surface area contributed by atoms with Crippen molar-refractivity contribution in [1.82, 2.24) is 4.90 Å². The van der Waals surface area contributed by atoms with Crippen LogP contribution >= 0.6 is 0 Å². The van der Waals surface area contributed by atoms with Crippen molar-refractivity contribution < 1.29 is 23.5 Å². The lowest BCUT2D eigenvalue weighted by Gasteiger charge is -2.37. The highest BCUT2D eigenvalue weighted by molar-refractivity contribution is 5.93. The van der Waals surface area contributed by atoms with Gasteiger partial charge in [0.15, 0.2) is 0 Å². The van der Waals surface area contributed by atoms with Crippen LogP contribution in [0.2, 0.25) is 0 Å². The summed E-state index contributed by atoms with van der Waals surface area (Å²) in [4.78, 5) is 27.9. The number of piperidine rings is 1. The van der Waals surface area contributed by atoms with Gasteiger partial charge in [0, 0.05) is 37.8 Å². The number of benzene rings is 1. The highest BCUT2D eigenvalue weighted by atomic mass is 19.1. The summed E-state index contributed by atoms with van der Waals surface area (Å²) in [5.74, 6) is -0.708. The van der Waals surface area contributed by atoms with Crippen molar-refractivity contribution >= 4 is 23.4 Å². The van der Waals surface area contributed by atoms with Crippen LogP contribution in [0.15, 0.2) is 18.2 Å². The maximum absolute atomic E-state index is 14.7. The molecule has 0 aromatic heterocycles. The van der Waals surface area contributed by atoms with Crippen LogP contribution in [-0.2, 0) is 14.3 Å².